The van der Waals surface area contributed by atoms with Gasteiger partial charge in [0.05, 0.1) is 11.0 Å². The van der Waals surface area contributed by atoms with Gasteiger partial charge >= 0.3 is 5.97 Å². The summed E-state index contributed by atoms with van der Waals surface area (Å²) in [5.74, 6) is -0.143. The third-order valence-corrected chi connectivity index (χ3v) is 7.83. The number of piperidine rings is 1. The molecule has 3 heterocycles. The predicted octanol–water partition coefficient (Wildman–Crippen LogP) is 3.78. The Labute approximate surface area is 193 Å². The molecule has 1 aliphatic rings. The number of aryl methyl sites for hydroxylation is 1. The molecule has 0 saturated carbocycles. The van der Waals surface area contributed by atoms with E-state index in [9.17, 15) is 18.3 Å². The number of hydrogen-bond acceptors (Lipinski definition) is 5. The number of hydrogen-bond donors (Lipinski definition) is 1. The average Bonchev–Trinajstić information content (AvgIpc) is 3.10. The average molecular weight is 472 g/mol. The van der Waals surface area contributed by atoms with Gasteiger partial charge in [0.15, 0.2) is 0 Å². The molecule has 0 unspecified atom stereocenters. The quantitative estimate of drug-likeness (QED) is 0.563. The van der Waals surface area contributed by atoms with Crippen molar-refractivity contribution in [2.24, 2.45) is 0 Å². The molecule has 3 aromatic rings. The largest absolute Gasteiger partial charge is 0.491 e. The van der Waals surface area contributed by atoms with Crippen molar-refractivity contribution in [3.05, 3.63) is 53.9 Å². The first-order valence-corrected chi connectivity index (χ1v) is 12.5. The van der Waals surface area contributed by atoms with Crippen LogP contribution in [0, 0.1) is 6.92 Å². The molecule has 0 bridgehead atoms. The second-order valence-electron chi connectivity index (χ2n) is 8.81. The van der Waals surface area contributed by atoms with Crippen LogP contribution in [-0.2, 0) is 21.4 Å². The number of sulfonamides is 1. The van der Waals surface area contributed by atoms with E-state index in [2.05, 4.69) is 4.98 Å². The van der Waals surface area contributed by atoms with Gasteiger partial charge in [-0.25, -0.2) is 13.4 Å². The third-order valence-electron chi connectivity index (χ3n) is 5.91. The molecule has 4 rings (SSSR count). The number of aliphatic carboxylic acids is 1. The van der Waals surface area contributed by atoms with Crippen molar-refractivity contribution in [2.75, 3.05) is 13.1 Å². The molecule has 0 radical (unpaired) electrons. The molecule has 0 amide bonds. The van der Waals surface area contributed by atoms with E-state index in [0.29, 0.717) is 37.3 Å². The summed E-state index contributed by atoms with van der Waals surface area (Å²) in [5.41, 5.74) is 2.69. The number of benzene rings is 1. The van der Waals surface area contributed by atoms with E-state index in [4.69, 9.17) is 4.74 Å². The molecule has 0 spiro atoms. The maximum atomic E-state index is 13.2. The van der Waals surface area contributed by atoms with Crippen molar-refractivity contribution >= 4 is 27.0 Å². The molecule has 9 heteroatoms. The van der Waals surface area contributed by atoms with Crippen molar-refractivity contribution in [1.82, 2.24) is 13.9 Å². The summed E-state index contributed by atoms with van der Waals surface area (Å²) in [6.45, 7) is 6.45. The number of pyridine rings is 1. The summed E-state index contributed by atoms with van der Waals surface area (Å²) in [4.78, 5) is 16.0. The van der Waals surface area contributed by atoms with Gasteiger partial charge in [0, 0.05) is 30.9 Å². The van der Waals surface area contributed by atoms with Crippen LogP contribution in [0.25, 0.3) is 11.0 Å². The minimum atomic E-state index is -3.59. The zero-order valence-electron chi connectivity index (χ0n) is 19.1. The van der Waals surface area contributed by atoms with Crippen molar-refractivity contribution in [3.63, 3.8) is 0 Å². The highest BCUT2D eigenvalue weighted by Crippen LogP contribution is 2.36. The molecule has 8 nitrogen and oxygen atoms in total. The first kappa shape index (κ1) is 23.3. The van der Waals surface area contributed by atoms with Gasteiger partial charge in [0.1, 0.15) is 17.9 Å². The Hall–Kier alpha value is -2.91. The molecule has 1 N–H and O–H groups in total. The van der Waals surface area contributed by atoms with E-state index in [1.807, 2.05) is 33.0 Å². The van der Waals surface area contributed by atoms with Crippen molar-refractivity contribution in [3.8, 4) is 5.75 Å². The van der Waals surface area contributed by atoms with Gasteiger partial charge < -0.3 is 14.4 Å². The van der Waals surface area contributed by atoms with Gasteiger partial charge in [-0.2, -0.15) is 4.31 Å². The second kappa shape index (κ2) is 9.15. The monoisotopic (exact) mass is 471 g/mol. The van der Waals surface area contributed by atoms with Crippen LogP contribution >= 0.6 is 0 Å². The molecule has 1 saturated heterocycles. The lowest BCUT2D eigenvalue weighted by molar-refractivity contribution is -0.137. The van der Waals surface area contributed by atoms with E-state index < -0.39 is 16.0 Å². The molecule has 1 aromatic carbocycles. The summed E-state index contributed by atoms with van der Waals surface area (Å²) in [5, 5.41) is 10.2. The van der Waals surface area contributed by atoms with Gasteiger partial charge in [-0.05, 0) is 81.0 Å². The number of rotatable bonds is 7. The number of carboxylic acid groups (broad SMARTS) is 1. The summed E-state index contributed by atoms with van der Waals surface area (Å²) in [6, 6.07) is 8.58. The van der Waals surface area contributed by atoms with Crippen LogP contribution < -0.4 is 4.74 Å². The molecular weight excluding hydrogens is 442 g/mol. The number of fused-ring (bicyclic) bond motifs is 1. The Morgan fingerprint density at radius 3 is 2.48 bits per heavy atom. The number of ether oxygens (including phenoxy) is 1. The smallest absolute Gasteiger partial charge is 0.323 e. The van der Waals surface area contributed by atoms with E-state index in [1.165, 1.54) is 4.31 Å². The van der Waals surface area contributed by atoms with Gasteiger partial charge in [-0.3, -0.25) is 4.79 Å². The van der Waals surface area contributed by atoms with E-state index in [0.717, 1.165) is 16.5 Å². The van der Waals surface area contributed by atoms with Gasteiger partial charge in [0.2, 0.25) is 10.0 Å². The maximum absolute atomic E-state index is 13.2. The maximum Gasteiger partial charge on any atom is 0.323 e. The molecule has 1 aliphatic heterocycles. The van der Waals surface area contributed by atoms with Crippen LogP contribution in [0.1, 0.15) is 43.7 Å². The van der Waals surface area contributed by atoms with Gasteiger partial charge in [-0.1, -0.05) is 0 Å². The van der Waals surface area contributed by atoms with Crippen molar-refractivity contribution in [2.45, 2.75) is 57.1 Å². The second-order valence-corrected chi connectivity index (χ2v) is 10.7. The number of aromatic nitrogens is 2. The lowest BCUT2D eigenvalue weighted by Crippen LogP contribution is -2.37. The zero-order chi connectivity index (χ0) is 23.8. The summed E-state index contributed by atoms with van der Waals surface area (Å²) in [7, 11) is -3.59. The summed E-state index contributed by atoms with van der Waals surface area (Å²) >= 11 is 0. The normalized spacial score (nSPS) is 15.9. The Bertz CT molecular complexity index is 1260. The minimum absolute atomic E-state index is 0.0203. The zero-order valence-corrected chi connectivity index (χ0v) is 19.9. The fraction of sp³-hybridized carbons (Fsp3) is 0.417. The minimum Gasteiger partial charge on any atom is -0.491 e. The molecule has 1 fully saturated rings. The van der Waals surface area contributed by atoms with Crippen LogP contribution in [-0.4, -0.2) is 52.5 Å². The van der Waals surface area contributed by atoms with Crippen LogP contribution in [0.4, 0.5) is 0 Å². The van der Waals surface area contributed by atoms with E-state index in [-0.39, 0.29) is 23.5 Å². The van der Waals surface area contributed by atoms with Crippen LogP contribution in [0.2, 0.25) is 0 Å². The van der Waals surface area contributed by atoms with E-state index in [1.54, 1.807) is 35.0 Å². The SMILES string of the molecule is Cc1cnc2c(c1)c(C1CCN(S(=O)(=O)c3ccc(OC(C)C)cc3)CC1)cn2CC(=O)O. The van der Waals surface area contributed by atoms with Crippen molar-refractivity contribution in [1.29, 1.82) is 0 Å². The summed E-state index contributed by atoms with van der Waals surface area (Å²) < 4.78 is 35.1. The Kier molecular flexibility index (Phi) is 6.45. The number of carboxylic acids is 1. The molecule has 0 aliphatic carbocycles. The van der Waals surface area contributed by atoms with Crippen LogP contribution in [0.3, 0.4) is 0 Å². The molecular formula is C24H29N3O5S. The number of nitrogens with zero attached hydrogens (tertiary/aromatic N) is 3. The molecule has 0 atom stereocenters. The lowest BCUT2D eigenvalue weighted by Gasteiger charge is -2.31. The fourth-order valence-electron chi connectivity index (χ4n) is 4.41. The van der Waals surface area contributed by atoms with Gasteiger partial charge in [-0.15, -0.1) is 0 Å². The molecule has 2 aromatic heterocycles. The molecule has 33 heavy (non-hydrogen) atoms. The van der Waals surface area contributed by atoms with E-state index >= 15 is 0 Å². The molecule has 176 valence electrons. The Morgan fingerprint density at radius 2 is 1.88 bits per heavy atom. The highest BCUT2D eigenvalue weighted by atomic mass is 32.2. The predicted molar refractivity (Wildman–Crippen MR) is 125 cm³/mol. The van der Waals surface area contributed by atoms with Crippen LogP contribution in [0.15, 0.2) is 47.6 Å². The number of carbonyl (C=O) groups is 1. The first-order chi connectivity index (χ1) is 15.6. The highest BCUT2D eigenvalue weighted by molar-refractivity contribution is 7.89. The Morgan fingerprint density at radius 1 is 1.21 bits per heavy atom. The summed E-state index contributed by atoms with van der Waals surface area (Å²) in [6.07, 6.45) is 4.94. The topological polar surface area (TPSA) is 102 Å². The van der Waals surface area contributed by atoms with Crippen LogP contribution in [0.5, 0.6) is 5.75 Å². The van der Waals surface area contributed by atoms with Gasteiger partial charge in [0.25, 0.3) is 0 Å². The standard InChI is InChI=1S/C24H29N3O5S/c1-16(2)32-19-4-6-20(7-5-19)33(30,31)27-10-8-18(9-11-27)22-14-26(15-23(28)29)24-21(22)12-17(3)13-25-24/h4-7,12-14,16,18H,8-11,15H2,1-3H3,(H,28,29). The Balaban J connectivity index is 1.52. The third kappa shape index (κ3) is 4.89. The lowest BCUT2D eigenvalue weighted by atomic mass is 9.90. The first-order valence-electron chi connectivity index (χ1n) is 11.1. The van der Waals surface area contributed by atoms with Crippen molar-refractivity contribution < 1.29 is 23.1 Å². The fourth-order valence-corrected chi connectivity index (χ4v) is 5.88. The highest BCUT2D eigenvalue weighted by Gasteiger charge is 2.31.